The van der Waals surface area contributed by atoms with Gasteiger partial charge in [0, 0.05) is 32.9 Å². The highest BCUT2D eigenvalue weighted by atomic mass is 16.3. The van der Waals surface area contributed by atoms with Gasteiger partial charge in [0.05, 0.1) is 5.69 Å². The van der Waals surface area contributed by atoms with Crippen molar-refractivity contribution in [1.29, 1.82) is 0 Å². The second-order valence-corrected chi connectivity index (χ2v) is 14.1. The van der Waals surface area contributed by atoms with E-state index in [9.17, 15) is 0 Å². The van der Waals surface area contributed by atoms with E-state index in [-0.39, 0.29) is 0 Å². The standard InChI is InChI=1S/C52H33NO2/c1-2-11-37-33-40(23-22-34(37)10-1)39-13-7-12-38(32-39)35-24-28-41(29-25-35)53(47-18-8-17-45-44-14-3-5-19-48(44)55-52(45)47)42-30-26-36(27-31-42)43-16-9-21-50-51(43)46-15-4-6-20-49(46)54-50/h1-33H. The van der Waals surface area contributed by atoms with E-state index in [4.69, 9.17) is 8.83 Å². The minimum absolute atomic E-state index is 0.856. The van der Waals surface area contributed by atoms with Gasteiger partial charge in [-0.05, 0) is 105 Å². The Bertz CT molecular complexity index is 3200. The topological polar surface area (TPSA) is 29.5 Å². The number of benzene rings is 9. The number of rotatable bonds is 6. The van der Waals surface area contributed by atoms with Gasteiger partial charge in [0.25, 0.3) is 0 Å². The molecule has 0 aliphatic carbocycles. The zero-order chi connectivity index (χ0) is 36.3. The Labute approximate surface area is 317 Å². The van der Waals surface area contributed by atoms with Gasteiger partial charge >= 0.3 is 0 Å². The Kier molecular flexibility index (Phi) is 7.17. The highest BCUT2D eigenvalue weighted by Gasteiger charge is 2.20. The quantitative estimate of drug-likeness (QED) is 0.173. The number of anilines is 3. The molecule has 3 nitrogen and oxygen atoms in total. The SMILES string of the molecule is c1cc(-c2ccc(N(c3ccc(-c4cccc5oc6ccccc6c45)cc3)c3cccc4c3oc3ccccc34)cc2)cc(-c2ccc3ccccc3c2)c1. The lowest BCUT2D eigenvalue weighted by Crippen LogP contribution is -2.10. The molecule has 0 radical (unpaired) electrons. The molecule has 0 amide bonds. The van der Waals surface area contributed by atoms with E-state index in [0.717, 1.165) is 77.6 Å². The lowest BCUT2D eigenvalue weighted by atomic mass is 9.97. The van der Waals surface area contributed by atoms with Gasteiger partial charge < -0.3 is 13.7 Å². The van der Waals surface area contributed by atoms with E-state index in [1.165, 1.54) is 27.5 Å². The van der Waals surface area contributed by atoms with Gasteiger partial charge in [-0.25, -0.2) is 0 Å². The van der Waals surface area contributed by atoms with Crippen LogP contribution in [0, 0.1) is 0 Å². The lowest BCUT2D eigenvalue weighted by Gasteiger charge is -2.26. The second-order valence-electron chi connectivity index (χ2n) is 14.1. The van der Waals surface area contributed by atoms with Crippen LogP contribution in [0.3, 0.4) is 0 Å². The van der Waals surface area contributed by atoms with E-state index in [1.54, 1.807) is 0 Å². The van der Waals surface area contributed by atoms with Crippen LogP contribution in [0.2, 0.25) is 0 Å². The molecule has 258 valence electrons. The summed E-state index contributed by atoms with van der Waals surface area (Å²) in [5.41, 5.74) is 13.6. The van der Waals surface area contributed by atoms with E-state index in [2.05, 4.69) is 175 Å². The first-order valence-electron chi connectivity index (χ1n) is 18.7. The molecule has 0 saturated carbocycles. The fraction of sp³-hybridized carbons (Fsp3) is 0. The Hall–Kier alpha value is -7.36. The molecule has 0 fully saturated rings. The van der Waals surface area contributed by atoms with Crippen molar-refractivity contribution in [2.75, 3.05) is 4.90 Å². The van der Waals surface area contributed by atoms with Gasteiger partial charge in [-0.1, -0.05) is 140 Å². The Morgan fingerprint density at radius 1 is 0.327 bits per heavy atom. The molecule has 0 aliphatic heterocycles. The average molecular weight is 704 g/mol. The summed E-state index contributed by atoms with van der Waals surface area (Å²) in [7, 11) is 0. The van der Waals surface area contributed by atoms with Gasteiger partial charge in [-0.15, -0.1) is 0 Å². The van der Waals surface area contributed by atoms with Crippen LogP contribution in [0.4, 0.5) is 17.1 Å². The maximum absolute atomic E-state index is 6.60. The van der Waals surface area contributed by atoms with E-state index in [0.29, 0.717) is 0 Å². The number of hydrogen-bond donors (Lipinski definition) is 0. The third kappa shape index (κ3) is 5.28. The summed E-state index contributed by atoms with van der Waals surface area (Å²) in [5.74, 6) is 0. The summed E-state index contributed by atoms with van der Waals surface area (Å²) in [5, 5.41) is 6.95. The second kappa shape index (κ2) is 12.6. The van der Waals surface area contributed by atoms with Crippen molar-refractivity contribution >= 4 is 71.7 Å². The molecular weight excluding hydrogens is 671 g/mol. The molecule has 0 aliphatic rings. The van der Waals surface area contributed by atoms with Crippen molar-refractivity contribution in [3.05, 3.63) is 200 Å². The van der Waals surface area contributed by atoms with Crippen LogP contribution in [0.25, 0.3) is 88.0 Å². The van der Waals surface area contributed by atoms with Crippen LogP contribution in [0.5, 0.6) is 0 Å². The molecule has 0 N–H and O–H groups in total. The van der Waals surface area contributed by atoms with Crippen LogP contribution >= 0.6 is 0 Å². The molecule has 3 heteroatoms. The van der Waals surface area contributed by atoms with Crippen molar-refractivity contribution in [3.63, 3.8) is 0 Å². The van der Waals surface area contributed by atoms with E-state index < -0.39 is 0 Å². The first-order chi connectivity index (χ1) is 27.2. The Balaban J connectivity index is 1.01. The van der Waals surface area contributed by atoms with E-state index >= 15 is 0 Å². The smallest absolute Gasteiger partial charge is 0.159 e. The van der Waals surface area contributed by atoms with Gasteiger partial charge in [0.1, 0.15) is 16.7 Å². The zero-order valence-corrected chi connectivity index (χ0v) is 29.8. The van der Waals surface area contributed by atoms with Crippen LogP contribution in [-0.4, -0.2) is 0 Å². The molecular formula is C52H33NO2. The summed E-state index contributed by atoms with van der Waals surface area (Å²) >= 11 is 0. The van der Waals surface area contributed by atoms with Gasteiger partial charge in [0.2, 0.25) is 0 Å². The largest absolute Gasteiger partial charge is 0.456 e. The van der Waals surface area contributed by atoms with Gasteiger partial charge in [0.15, 0.2) is 5.58 Å². The zero-order valence-electron chi connectivity index (χ0n) is 29.8. The van der Waals surface area contributed by atoms with Crippen molar-refractivity contribution in [3.8, 4) is 33.4 Å². The van der Waals surface area contributed by atoms with Crippen molar-refractivity contribution in [2.24, 2.45) is 0 Å². The fourth-order valence-corrected chi connectivity index (χ4v) is 8.19. The summed E-state index contributed by atoms with van der Waals surface area (Å²) < 4.78 is 12.8. The minimum atomic E-state index is 0.856. The third-order valence-corrected chi connectivity index (χ3v) is 10.9. The Morgan fingerprint density at radius 2 is 0.891 bits per heavy atom. The lowest BCUT2D eigenvalue weighted by molar-refractivity contribution is 0.668. The molecule has 2 heterocycles. The first-order valence-corrected chi connectivity index (χ1v) is 18.7. The minimum Gasteiger partial charge on any atom is -0.456 e. The molecule has 0 bridgehead atoms. The van der Waals surface area contributed by atoms with E-state index in [1.807, 2.05) is 30.3 Å². The molecule has 0 saturated heterocycles. The predicted octanol–water partition coefficient (Wildman–Crippen LogP) is 15.1. The van der Waals surface area contributed by atoms with Crippen molar-refractivity contribution in [2.45, 2.75) is 0 Å². The van der Waals surface area contributed by atoms with Crippen molar-refractivity contribution in [1.82, 2.24) is 0 Å². The monoisotopic (exact) mass is 703 g/mol. The normalized spacial score (nSPS) is 11.6. The molecule has 2 aromatic heterocycles. The fourth-order valence-electron chi connectivity index (χ4n) is 8.19. The molecule has 0 unspecified atom stereocenters. The molecule has 55 heavy (non-hydrogen) atoms. The average Bonchev–Trinajstić information content (AvgIpc) is 3.83. The predicted molar refractivity (Wildman–Crippen MR) is 229 cm³/mol. The summed E-state index contributed by atoms with van der Waals surface area (Å²) in [4.78, 5) is 2.30. The van der Waals surface area contributed by atoms with Gasteiger partial charge in [-0.3, -0.25) is 0 Å². The maximum Gasteiger partial charge on any atom is 0.159 e. The molecule has 11 rings (SSSR count). The van der Waals surface area contributed by atoms with Gasteiger partial charge in [-0.2, -0.15) is 0 Å². The Morgan fingerprint density at radius 3 is 1.69 bits per heavy atom. The highest BCUT2D eigenvalue weighted by Crippen LogP contribution is 2.44. The number of nitrogens with zero attached hydrogens (tertiary/aromatic N) is 1. The van der Waals surface area contributed by atoms with Crippen molar-refractivity contribution < 1.29 is 8.83 Å². The number of hydrogen-bond acceptors (Lipinski definition) is 3. The maximum atomic E-state index is 6.60. The summed E-state index contributed by atoms with van der Waals surface area (Å²) in [6, 6.07) is 71.0. The van der Waals surface area contributed by atoms with Crippen LogP contribution < -0.4 is 4.90 Å². The molecule has 0 atom stereocenters. The van der Waals surface area contributed by atoms with Crippen LogP contribution in [-0.2, 0) is 0 Å². The highest BCUT2D eigenvalue weighted by molar-refractivity contribution is 6.13. The summed E-state index contributed by atoms with van der Waals surface area (Å²) in [6.45, 7) is 0. The number of para-hydroxylation sites is 3. The number of fused-ring (bicyclic) bond motifs is 7. The number of furan rings is 2. The van der Waals surface area contributed by atoms with Crippen LogP contribution in [0.15, 0.2) is 209 Å². The van der Waals surface area contributed by atoms with Crippen LogP contribution in [0.1, 0.15) is 0 Å². The summed E-state index contributed by atoms with van der Waals surface area (Å²) in [6.07, 6.45) is 0. The first kappa shape index (κ1) is 31.2. The molecule has 0 spiro atoms. The molecule has 11 aromatic rings. The molecule has 9 aromatic carbocycles. The third-order valence-electron chi connectivity index (χ3n) is 10.9.